The number of benzene rings is 1. The molecule has 0 amide bonds. The first-order valence-corrected chi connectivity index (χ1v) is 8.22. The average Bonchev–Trinajstić information content (AvgIpc) is 3.14. The predicted octanol–water partition coefficient (Wildman–Crippen LogP) is 3.49. The molecule has 1 aromatic carbocycles. The van der Waals surface area contributed by atoms with E-state index in [1.165, 1.54) is 29.3 Å². The largest absolute Gasteiger partial charge is 0.378 e. The maximum absolute atomic E-state index is 6.12. The van der Waals surface area contributed by atoms with E-state index in [1.54, 1.807) is 0 Å². The molecule has 0 radical (unpaired) electrons. The zero-order chi connectivity index (χ0) is 14.7. The van der Waals surface area contributed by atoms with Crippen LogP contribution in [0.3, 0.4) is 0 Å². The van der Waals surface area contributed by atoms with Crippen LogP contribution in [-0.4, -0.2) is 23.3 Å². The first-order valence-electron chi connectivity index (χ1n) is 8.22. The number of aromatic nitrogens is 1. The van der Waals surface area contributed by atoms with Crippen LogP contribution in [0.2, 0.25) is 0 Å². The van der Waals surface area contributed by atoms with Gasteiger partial charge in [0.1, 0.15) is 0 Å². The van der Waals surface area contributed by atoms with Gasteiger partial charge >= 0.3 is 0 Å². The number of nitrogens with zero attached hydrogens (tertiary/aromatic N) is 1. The molecule has 2 atom stereocenters. The number of nitrogens with two attached hydrogens (primary N) is 1. The van der Waals surface area contributed by atoms with Crippen molar-refractivity contribution in [1.29, 1.82) is 0 Å². The lowest BCUT2D eigenvalue weighted by molar-refractivity contribution is 0.101. The highest BCUT2D eigenvalue weighted by Gasteiger charge is 2.15. The van der Waals surface area contributed by atoms with Crippen LogP contribution in [0.1, 0.15) is 38.2 Å². The van der Waals surface area contributed by atoms with E-state index in [-0.39, 0.29) is 6.04 Å². The molecule has 3 heteroatoms. The zero-order valence-electron chi connectivity index (χ0n) is 12.9. The molecule has 2 aromatic rings. The van der Waals surface area contributed by atoms with Gasteiger partial charge in [-0.15, -0.1) is 0 Å². The summed E-state index contributed by atoms with van der Waals surface area (Å²) in [5.74, 6) is 0. The number of ether oxygens (including phenoxy) is 1. The Morgan fingerprint density at radius 2 is 2.29 bits per heavy atom. The molecule has 3 rings (SSSR count). The van der Waals surface area contributed by atoms with E-state index in [0.717, 1.165) is 32.4 Å². The van der Waals surface area contributed by atoms with Crippen molar-refractivity contribution in [2.75, 3.05) is 6.61 Å². The van der Waals surface area contributed by atoms with Gasteiger partial charge in [0.2, 0.25) is 0 Å². The summed E-state index contributed by atoms with van der Waals surface area (Å²) in [6.45, 7) is 4.13. The summed E-state index contributed by atoms with van der Waals surface area (Å²) in [5, 5.41) is 1.36. The molecular weight excluding hydrogens is 260 g/mol. The highest BCUT2D eigenvalue weighted by molar-refractivity contribution is 5.83. The van der Waals surface area contributed by atoms with Gasteiger partial charge in [0.15, 0.2) is 0 Å². The highest BCUT2D eigenvalue weighted by Crippen LogP contribution is 2.23. The molecule has 2 unspecified atom stereocenters. The van der Waals surface area contributed by atoms with Crippen LogP contribution in [0.5, 0.6) is 0 Å². The molecule has 0 bridgehead atoms. The summed E-state index contributed by atoms with van der Waals surface area (Å²) in [6, 6.07) is 9.07. The molecular formula is C18H26N2O. The summed E-state index contributed by atoms with van der Waals surface area (Å²) in [6.07, 6.45) is 8.20. The fourth-order valence-electron chi connectivity index (χ4n) is 3.24. The minimum Gasteiger partial charge on any atom is -0.378 e. The zero-order valence-corrected chi connectivity index (χ0v) is 12.9. The summed E-state index contributed by atoms with van der Waals surface area (Å²) in [5.41, 5.74) is 8.82. The van der Waals surface area contributed by atoms with Crippen LogP contribution >= 0.6 is 0 Å². The highest BCUT2D eigenvalue weighted by atomic mass is 16.5. The van der Waals surface area contributed by atoms with Crippen LogP contribution in [0, 0.1) is 0 Å². The molecule has 1 fully saturated rings. The number of hydrogen-bond donors (Lipinski definition) is 1. The van der Waals surface area contributed by atoms with Gasteiger partial charge in [-0.25, -0.2) is 0 Å². The third-order valence-corrected chi connectivity index (χ3v) is 4.63. The van der Waals surface area contributed by atoms with Gasteiger partial charge in [-0.1, -0.05) is 19.1 Å². The second kappa shape index (κ2) is 6.63. The molecule has 2 N–H and O–H groups in total. The summed E-state index contributed by atoms with van der Waals surface area (Å²) in [7, 11) is 0. The van der Waals surface area contributed by atoms with E-state index < -0.39 is 0 Å². The van der Waals surface area contributed by atoms with Crippen molar-refractivity contribution >= 4 is 10.9 Å². The first kappa shape index (κ1) is 14.6. The molecule has 2 heterocycles. The van der Waals surface area contributed by atoms with Gasteiger partial charge in [-0.05, 0) is 49.8 Å². The Labute approximate surface area is 127 Å². The average molecular weight is 286 g/mol. The topological polar surface area (TPSA) is 40.2 Å². The van der Waals surface area contributed by atoms with Gasteiger partial charge in [-0.3, -0.25) is 0 Å². The van der Waals surface area contributed by atoms with E-state index in [0.29, 0.717) is 6.10 Å². The van der Waals surface area contributed by atoms with Crippen LogP contribution in [0.4, 0.5) is 0 Å². The normalized spacial score (nSPS) is 20.2. The van der Waals surface area contributed by atoms with Crippen molar-refractivity contribution in [2.45, 2.75) is 57.7 Å². The lowest BCUT2D eigenvalue weighted by Gasteiger charge is -2.12. The van der Waals surface area contributed by atoms with Crippen molar-refractivity contribution in [3.63, 3.8) is 0 Å². The minimum atomic E-state index is 0.255. The Morgan fingerprint density at radius 1 is 1.38 bits per heavy atom. The number of rotatable bonds is 6. The maximum atomic E-state index is 6.12. The lowest BCUT2D eigenvalue weighted by Crippen LogP contribution is -2.21. The van der Waals surface area contributed by atoms with Gasteiger partial charge < -0.3 is 15.0 Å². The Hall–Kier alpha value is -1.32. The fourth-order valence-corrected chi connectivity index (χ4v) is 3.24. The van der Waals surface area contributed by atoms with Crippen LogP contribution in [0.25, 0.3) is 10.9 Å². The molecule has 3 nitrogen and oxygen atoms in total. The Bertz CT molecular complexity index is 584. The van der Waals surface area contributed by atoms with Crippen LogP contribution < -0.4 is 5.73 Å². The molecule has 21 heavy (non-hydrogen) atoms. The van der Waals surface area contributed by atoms with E-state index in [4.69, 9.17) is 10.5 Å². The molecule has 0 spiro atoms. The van der Waals surface area contributed by atoms with E-state index in [2.05, 4.69) is 42.0 Å². The quantitative estimate of drug-likeness (QED) is 0.883. The van der Waals surface area contributed by atoms with Crippen molar-refractivity contribution in [3.05, 3.63) is 36.0 Å². The van der Waals surface area contributed by atoms with Crippen LogP contribution in [0.15, 0.2) is 30.5 Å². The maximum Gasteiger partial charge on any atom is 0.0593 e. The van der Waals surface area contributed by atoms with E-state index in [9.17, 15) is 0 Å². The van der Waals surface area contributed by atoms with E-state index in [1.807, 2.05) is 0 Å². The molecule has 1 aliphatic heterocycles. The fraction of sp³-hybridized carbons (Fsp3) is 0.556. The SMILES string of the molecule is CCC(N)Cc1cccc2c1ccn2CCC1CCCO1. The van der Waals surface area contributed by atoms with Crippen molar-refractivity contribution < 1.29 is 4.74 Å². The molecule has 1 aliphatic rings. The van der Waals surface area contributed by atoms with Crippen molar-refractivity contribution in [2.24, 2.45) is 5.73 Å². The molecule has 114 valence electrons. The smallest absolute Gasteiger partial charge is 0.0593 e. The monoisotopic (exact) mass is 286 g/mol. The number of hydrogen-bond acceptors (Lipinski definition) is 2. The molecule has 0 aliphatic carbocycles. The van der Waals surface area contributed by atoms with Gasteiger partial charge in [-0.2, -0.15) is 0 Å². The minimum absolute atomic E-state index is 0.255. The third-order valence-electron chi connectivity index (χ3n) is 4.63. The van der Waals surface area contributed by atoms with Crippen LogP contribution in [-0.2, 0) is 17.7 Å². The molecule has 1 saturated heterocycles. The summed E-state index contributed by atoms with van der Waals surface area (Å²) < 4.78 is 8.08. The van der Waals surface area contributed by atoms with E-state index >= 15 is 0 Å². The van der Waals surface area contributed by atoms with Gasteiger partial charge in [0.05, 0.1) is 6.10 Å². The number of fused-ring (bicyclic) bond motifs is 1. The Morgan fingerprint density at radius 3 is 3.05 bits per heavy atom. The number of aryl methyl sites for hydroxylation is 1. The second-order valence-corrected chi connectivity index (χ2v) is 6.16. The summed E-state index contributed by atoms with van der Waals surface area (Å²) >= 11 is 0. The van der Waals surface area contributed by atoms with Gasteiger partial charge in [0.25, 0.3) is 0 Å². The molecule has 1 aromatic heterocycles. The Kier molecular flexibility index (Phi) is 4.61. The van der Waals surface area contributed by atoms with Crippen molar-refractivity contribution in [1.82, 2.24) is 4.57 Å². The third kappa shape index (κ3) is 3.30. The van der Waals surface area contributed by atoms with Crippen molar-refractivity contribution in [3.8, 4) is 0 Å². The molecule has 0 saturated carbocycles. The first-order chi connectivity index (χ1) is 10.3. The van der Waals surface area contributed by atoms with Gasteiger partial charge in [0, 0.05) is 36.3 Å². The second-order valence-electron chi connectivity index (χ2n) is 6.16. The Balaban J connectivity index is 1.76. The predicted molar refractivity (Wildman–Crippen MR) is 87.5 cm³/mol. The summed E-state index contributed by atoms with van der Waals surface area (Å²) in [4.78, 5) is 0. The lowest BCUT2D eigenvalue weighted by atomic mass is 10.0. The standard InChI is InChI=1S/C18H26N2O/c1-2-15(19)13-14-5-3-7-18-17(14)9-11-20(18)10-8-16-6-4-12-21-16/h3,5,7,9,11,15-16H,2,4,6,8,10,12-13,19H2,1H3.